The van der Waals surface area contributed by atoms with Gasteiger partial charge in [-0.15, -0.1) is 24.0 Å². The van der Waals surface area contributed by atoms with Gasteiger partial charge in [-0.25, -0.2) is 0 Å². The van der Waals surface area contributed by atoms with Crippen LogP contribution in [0.2, 0.25) is 5.02 Å². The molecule has 1 rings (SSSR count). The number of alkyl halides is 3. The van der Waals surface area contributed by atoms with E-state index < -0.39 is 18.6 Å². The van der Waals surface area contributed by atoms with Crippen LogP contribution < -0.4 is 10.1 Å². The molecule has 0 aromatic heterocycles. The number of nitrogens with one attached hydrogen (secondary N) is 1. The molecule has 0 spiro atoms. The van der Waals surface area contributed by atoms with Crippen LogP contribution in [0.4, 0.5) is 13.2 Å². The summed E-state index contributed by atoms with van der Waals surface area (Å²) in [5.41, 5.74) is 0. The van der Waals surface area contributed by atoms with E-state index in [4.69, 9.17) is 16.3 Å². The van der Waals surface area contributed by atoms with E-state index in [9.17, 15) is 18.0 Å². The standard InChI is InChI=1S/C16H22ClF3N4O2.HI/c1-21-15(22-10-14(25)24(3)11-16(18,19)20)23(2)7-8-26-13-6-4-5-12(17)9-13;/h4-6,9H,7-8,10-11H2,1-3H3,(H,21,22);1H. The van der Waals surface area contributed by atoms with Gasteiger partial charge in [0.1, 0.15) is 18.9 Å². The summed E-state index contributed by atoms with van der Waals surface area (Å²) in [6, 6.07) is 6.96. The van der Waals surface area contributed by atoms with Crippen LogP contribution in [0.5, 0.6) is 5.75 Å². The summed E-state index contributed by atoms with van der Waals surface area (Å²) in [4.78, 5) is 18.1. The van der Waals surface area contributed by atoms with Crippen molar-refractivity contribution in [1.29, 1.82) is 0 Å². The summed E-state index contributed by atoms with van der Waals surface area (Å²) >= 11 is 5.87. The number of hydrogen-bond acceptors (Lipinski definition) is 3. The van der Waals surface area contributed by atoms with Crippen LogP contribution in [0.15, 0.2) is 29.3 Å². The summed E-state index contributed by atoms with van der Waals surface area (Å²) in [6.07, 6.45) is -4.43. The van der Waals surface area contributed by atoms with E-state index in [1.54, 1.807) is 36.2 Å². The quantitative estimate of drug-likeness (QED) is 0.340. The summed E-state index contributed by atoms with van der Waals surface area (Å²) in [5, 5.41) is 3.30. The number of likely N-dealkylation sites (N-methyl/N-ethyl adjacent to an activating group) is 2. The number of nitrogens with zero attached hydrogens (tertiary/aromatic N) is 3. The van der Waals surface area contributed by atoms with Gasteiger partial charge in [-0.3, -0.25) is 9.79 Å². The van der Waals surface area contributed by atoms with E-state index in [0.29, 0.717) is 34.8 Å². The van der Waals surface area contributed by atoms with Crippen molar-refractivity contribution >= 4 is 47.4 Å². The number of halogens is 5. The van der Waals surface area contributed by atoms with Crippen molar-refractivity contribution in [2.45, 2.75) is 6.18 Å². The first kappa shape index (κ1) is 25.6. The van der Waals surface area contributed by atoms with Gasteiger partial charge in [-0.2, -0.15) is 13.2 Å². The van der Waals surface area contributed by atoms with E-state index >= 15 is 0 Å². The predicted molar refractivity (Wildman–Crippen MR) is 110 cm³/mol. The first-order chi connectivity index (χ1) is 12.1. The molecule has 0 aliphatic rings. The van der Waals surface area contributed by atoms with Gasteiger partial charge in [-0.1, -0.05) is 17.7 Å². The zero-order valence-electron chi connectivity index (χ0n) is 15.2. The minimum Gasteiger partial charge on any atom is -0.492 e. The minimum atomic E-state index is -4.43. The zero-order chi connectivity index (χ0) is 19.7. The highest BCUT2D eigenvalue weighted by molar-refractivity contribution is 14.0. The third-order valence-electron chi connectivity index (χ3n) is 3.30. The molecule has 0 aliphatic heterocycles. The van der Waals surface area contributed by atoms with E-state index in [1.165, 1.54) is 7.05 Å². The molecule has 1 aromatic rings. The number of carbonyl (C=O) groups is 1. The van der Waals surface area contributed by atoms with Crippen LogP contribution >= 0.6 is 35.6 Å². The maximum absolute atomic E-state index is 12.3. The van der Waals surface area contributed by atoms with Gasteiger partial charge in [0, 0.05) is 26.2 Å². The first-order valence-electron chi connectivity index (χ1n) is 7.73. The Labute approximate surface area is 178 Å². The fourth-order valence-electron chi connectivity index (χ4n) is 1.99. The molecule has 154 valence electrons. The number of amides is 1. The van der Waals surface area contributed by atoms with Crippen molar-refractivity contribution in [2.75, 3.05) is 47.4 Å². The Kier molecular flexibility index (Phi) is 11.5. The summed E-state index contributed by atoms with van der Waals surface area (Å²) in [5.74, 6) is 0.304. The lowest BCUT2D eigenvalue weighted by molar-refractivity contribution is -0.157. The Bertz CT molecular complexity index is 632. The fraction of sp³-hybridized carbons (Fsp3) is 0.500. The first-order valence-corrected chi connectivity index (χ1v) is 8.11. The lowest BCUT2D eigenvalue weighted by Gasteiger charge is -2.24. The smallest absolute Gasteiger partial charge is 0.406 e. The average molecular weight is 523 g/mol. The highest BCUT2D eigenvalue weighted by Gasteiger charge is 2.31. The molecule has 0 radical (unpaired) electrons. The van der Waals surface area contributed by atoms with Crippen molar-refractivity contribution in [3.05, 3.63) is 29.3 Å². The van der Waals surface area contributed by atoms with Crippen molar-refractivity contribution in [3.8, 4) is 5.75 Å². The number of guanidine groups is 1. The summed E-state index contributed by atoms with van der Waals surface area (Å²) in [6.45, 7) is -0.813. The Balaban J connectivity index is 0.00000676. The minimum absolute atomic E-state index is 0. The van der Waals surface area contributed by atoms with Gasteiger partial charge < -0.3 is 19.9 Å². The molecule has 1 aromatic carbocycles. The molecule has 0 heterocycles. The van der Waals surface area contributed by atoms with Crippen molar-refractivity contribution in [1.82, 2.24) is 15.1 Å². The molecule has 0 saturated heterocycles. The van der Waals surface area contributed by atoms with Crippen LogP contribution in [-0.2, 0) is 4.79 Å². The Morgan fingerprint density at radius 3 is 2.52 bits per heavy atom. The molecule has 1 amide bonds. The van der Waals surface area contributed by atoms with Gasteiger partial charge >= 0.3 is 6.18 Å². The number of ether oxygens (including phenoxy) is 1. The van der Waals surface area contributed by atoms with E-state index in [1.807, 2.05) is 0 Å². The largest absolute Gasteiger partial charge is 0.492 e. The average Bonchev–Trinajstić information content (AvgIpc) is 2.53. The molecule has 0 unspecified atom stereocenters. The van der Waals surface area contributed by atoms with Gasteiger partial charge in [0.25, 0.3) is 0 Å². The van der Waals surface area contributed by atoms with Crippen LogP contribution in [-0.4, -0.2) is 75.2 Å². The second-order valence-electron chi connectivity index (χ2n) is 5.49. The highest BCUT2D eigenvalue weighted by atomic mass is 127. The van der Waals surface area contributed by atoms with Gasteiger partial charge in [0.05, 0.1) is 13.1 Å². The number of hydrogen-bond donors (Lipinski definition) is 1. The number of aliphatic imine (C=N–C) groups is 1. The highest BCUT2D eigenvalue weighted by Crippen LogP contribution is 2.17. The Morgan fingerprint density at radius 2 is 1.96 bits per heavy atom. The SMILES string of the molecule is CN=C(NCC(=O)N(C)CC(F)(F)F)N(C)CCOc1cccc(Cl)c1.I. The van der Waals surface area contributed by atoms with Crippen molar-refractivity contribution < 1.29 is 22.7 Å². The van der Waals surface area contributed by atoms with Crippen LogP contribution in [0.3, 0.4) is 0 Å². The molecule has 27 heavy (non-hydrogen) atoms. The van der Waals surface area contributed by atoms with E-state index in [0.717, 1.165) is 7.05 Å². The van der Waals surface area contributed by atoms with E-state index in [2.05, 4.69) is 10.3 Å². The normalized spacial score (nSPS) is 11.4. The fourth-order valence-corrected chi connectivity index (χ4v) is 2.17. The number of rotatable bonds is 7. The lowest BCUT2D eigenvalue weighted by Crippen LogP contribution is -2.46. The summed E-state index contributed by atoms with van der Waals surface area (Å²) in [7, 11) is 4.34. The molecular weight excluding hydrogens is 500 g/mol. The monoisotopic (exact) mass is 522 g/mol. The number of carbonyl (C=O) groups excluding carboxylic acids is 1. The Hall–Kier alpha value is -1.43. The van der Waals surface area contributed by atoms with Crippen molar-refractivity contribution in [3.63, 3.8) is 0 Å². The molecule has 1 N–H and O–H groups in total. The lowest BCUT2D eigenvalue weighted by atomic mass is 10.3. The molecule has 0 atom stereocenters. The second kappa shape index (κ2) is 12.1. The molecule has 11 heteroatoms. The third-order valence-corrected chi connectivity index (χ3v) is 3.54. The summed E-state index contributed by atoms with van der Waals surface area (Å²) < 4.78 is 42.4. The van der Waals surface area contributed by atoms with Gasteiger partial charge in [-0.05, 0) is 18.2 Å². The molecule has 0 saturated carbocycles. The van der Waals surface area contributed by atoms with Crippen LogP contribution in [0.25, 0.3) is 0 Å². The molecule has 0 aliphatic carbocycles. The topological polar surface area (TPSA) is 57.2 Å². The second-order valence-corrected chi connectivity index (χ2v) is 5.93. The molecule has 6 nitrogen and oxygen atoms in total. The van der Waals surface area contributed by atoms with Gasteiger partial charge in [0.15, 0.2) is 5.96 Å². The molecule has 0 bridgehead atoms. The zero-order valence-corrected chi connectivity index (χ0v) is 18.3. The Morgan fingerprint density at radius 1 is 1.30 bits per heavy atom. The maximum Gasteiger partial charge on any atom is 0.406 e. The predicted octanol–water partition coefficient (Wildman–Crippen LogP) is 2.86. The maximum atomic E-state index is 12.3. The van der Waals surface area contributed by atoms with Crippen molar-refractivity contribution in [2.24, 2.45) is 4.99 Å². The van der Waals surface area contributed by atoms with Crippen LogP contribution in [0.1, 0.15) is 0 Å². The van der Waals surface area contributed by atoms with Crippen LogP contribution in [0, 0.1) is 0 Å². The van der Waals surface area contributed by atoms with Gasteiger partial charge in [0.2, 0.25) is 5.91 Å². The number of benzene rings is 1. The molecular formula is C16H23ClF3IN4O2. The third kappa shape index (κ3) is 10.5. The van der Waals surface area contributed by atoms with E-state index in [-0.39, 0.29) is 30.5 Å². The molecule has 0 fully saturated rings.